The molecule has 0 bridgehead atoms. The Bertz CT molecular complexity index is 1310. The Kier molecular flexibility index (Phi) is 7.69. The number of morpholine rings is 1. The van der Waals surface area contributed by atoms with Gasteiger partial charge in [-0.05, 0) is 30.2 Å². The second-order valence-electron chi connectivity index (χ2n) is 9.68. The minimum Gasteiger partial charge on any atom is -0.379 e. The molecule has 3 N–H and O–H groups in total. The molecule has 2 amide bonds. The standard InChI is InChI=1S/C29H34N6O3/c1-3-34-28-24(18-32-35(28)23-10-5-4-6-11-23)25(26(30)29(34)37)22-9-7-8-21(16-22)17-31-27(36)20(2)19-33-12-14-38-15-13-33/h4-11,16,18,25-26H,2-3,12-15,17,19,30H2,1H3,(H,31,36)/t25-,26+/m1/s1. The smallest absolute Gasteiger partial charge is 0.248 e. The summed E-state index contributed by atoms with van der Waals surface area (Å²) < 4.78 is 7.18. The van der Waals surface area contributed by atoms with E-state index in [1.807, 2.05) is 67.7 Å². The highest BCUT2D eigenvalue weighted by Gasteiger charge is 2.41. The van der Waals surface area contributed by atoms with Gasteiger partial charge in [0, 0.05) is 49.8 Å². The number of aromatic nitrogens is 2. The molecule has 2 aliphatic rings. The molecule has 38 heavy (non-hydrogen) atoms. The molecule has 9 heteroatoms. The SMILES string of the molecule is C=C(CN1CCOCC1)C(=O)NCc1cccc([C@@H]2c3cnn(-c4ccccc4)c3N(CC)C(=O)[C@H]2N)c1. The van der Waals surface area contributed by atoms with E-state index in [-0.39, 0.29) is 17.7 Å². The number of hydrogen-bond acceptors (Lipinski definition) is 6. The number of para-hydroxylation sites is 1. The van der Waals surface area contributed by atoms with E-state index >= 15 is 0 Å². The normalized spacial score (nSPS) is 19.7. The highest BCUT2D eigenvalue weighted by atomic mass is 16.5. The minimum absolute atomic E-state index is 0.138. The zero-order valence-corrected chi connectivity index (χ0v) is 21.7. The van der Waals surface area contributed by atoms with Crippen molar-refractivity contribution in [3.05, 3.63) is 89.6 Å². The first-order valence-electron chi connectivity index (χ1n) is 13.0. The number of carbonyl (C=O) groups is 2. The third kappa shape index (κ3) is 5.13. The molecule has 3 aromatic rings. The van der Waals surface area contributed by atoms with Crippen molar-refractivity contribution in [1.82, 2.24) is 20.0 Å². The van der Waals surface area contributed by atoms with Gasteiger partial charge in [-0.2, -0.15) is 5.10 Å². The monoisotopic (exact) mass is 514 g/mol. The second-order valence-corrected chi connectivity index (χ2v) is 9.68. The molecule has 2 atom stereocenters. The number of fused-ring (bicyclic) bond motifs is 1. The molecule has 0 unspecified atom stereocenters. The van der Waals surface area contributed by atoms with Crippen LogP contribution < -0.4 is 16.0 Å². The molecule has 1 saturated heterocycles. The Balaban J connectivity index is 1.36. The molecule has 3 heterocycles. The van der Waals surface area contributed by atoms with Crippen molar-refractivity contribution in [3.8, 4) is 5.69 Å². The number of nitrogens with one attached hydrogen (secondary N) is 1. The minimum atomic E-state index is -0.742. The molecule has 1 fully saturated rings. The Morgan fingerprint density at radius 2 is 1.92 bits per heavy atom. The van der Waals surface area contributed by atoms with Gasteiger partial charge in [0.15, 0.2) is 0 Å². The lowest BCUT2D eigenvalue weighted by Gasteiger charge is -2.36. The highest BCUT2D eigenvalue weighted by Crippen LogP contribution is 2.40. The summed E-state index contributed by atoms with van der Waals surface area (Å²) in [5.74, 6) is 0.0791. The maximum atomic E-state index is 13.4. The van der Waals surface area contributed by atoms with E-state index < -0.39 is 6.04 Å². The lowest BCUT2D eigenvalue weighted by Crippen LogP contribution is -2.51. The summed E-state index contributed by atoms with van der Waals surface area (Å²) in [6, 6.07) is 16.9. The van der Waals surface area contributed by atoms with Gasteiger partial charge in [-0.1, -0.05) is 49.0 Å². The fourth-order valence-corrected chi connectivity index (χ4v) is 5.22. The van der Waals surface area contributed by atoms with Gasteiger partial charge in [0.05, 0.1) is 31.1 Å². The molecule has 0 spiro atoms. The Morgan fingerprint density at radius 1 is 1.16 bits per heavy atom. The van der Waals surface area contributed by atoms with Crippen LogP contribution in [0, 0.1) is 0 Å². The number of nitrogens with zero attached hydrogens (tertiary/aromatic N) is 4. The van der Waals surface area contributed by atoms with Crippen LogP contribution in [-0.4, -0.2) is 71.9 Å². The van der Waals surface area contributed by atoms with Gasteiger partial charge in [0.2, 0.25) is 11.8 Å². The molecule has 0 aliphatic carbocycles. The topological polar surface area (TPSA) is 106 Å². The van der Waals surface area contributed by atoms with Gasteiger partial charge in [-0.3, -0.25) is 19.4 Å². The van der Waals surface area contributed by atoms with Crippen LogP contribution in [0.4, 0.5) is 5.82 Å². The van der Waals surface area contributed by atoms with Crippen molar-refractivity contribution < 1.29 is 14.3 Å². The number of nitrogens with two attached hydrogens (primary N) is 1. The van der Waals surface area contributed by atoms with Crippen molar-refractivity contribution >= 4 is 17.6 Å². The van der Waals surface area contributed by atoms with E-state index in [4.69, 9.17) is 10.5 Å². The van der Waals surface area contributed by atoms with E-state index in [1.54, 1.807) is 9.58 Å². The van der Waals surface area contributed by atoms with Crippen LogP contribution in [-0.2, 0) is 20.9 Å². The quantitative estimate of drug-likeness (QED) is 0.447. The van der Waals surface area contributed by atoms with Crippen LogP contribution in [0.1, 0.15) is 29.5 Å². The number of anilines is 1. The molecule has 2 aromatic carbocycles. The first kappa shape index (κ1) is 25.8. The van der Waals surface area contributed by atoms with Gasteiger partial charge < -0.3 is 15.8 Å². The van der Waals surface area contributed by atoms with E-state index in [9.17, 15) is 9.59 Å². The lowest BCUT2D eigenvalue weighted by molar-refractivity contribution is -0.120. The Morgan fingerprint density at radius 3 is 2.66 bits per heavy atom. The zero-order chi connectivity index (χ0) is 26.6. The largest absolute Gasteiger partial charge is 0.379 e. The van der Waals surface area contributed by atoms with Gasteiger partial charge >= 0.3 is 0 Å². The van der Waals surface area contributed by atoms with Crippen LogP contribution in [0.3, 0.4) is 0 Å². The van der Waals surface area contributed by atoms with E-state index in [0.717, 1.165) is 41.3 Å². The third-order valence-corrected chi connectivity index (χ3v) is 7.19. The number of hydrogen-bond donors (Lipinski definition) is 2. The molecule has 0 saturated carbocycles. The van der Waals surface area contributed by atoms with Gasteiger partial charge in [-0.15, -0.1) is 0 Å². The summed E-state index contributed by atoms with van der Waals surface area (Å²) in [5.41, 5.74) is 10.7. The fourth-order valence-electron chi connectivity index (χ4n) is 5.22. The average Bonchev–Trinajstić information content (AvgIpc) is 3.38. The third-order valence-electron chi connectivity index (χ3n) is 7.19. The summed E-state index contributed by atoms with van der Waals surface area (Å²) in [5, 5.41) is 7.63. The van der Waals surface area contributed by atoms with Crippen LogP contribution in [0.2, 0.25) is 0 Å². The number of rotatable bonds is 8. The highest BCUT2D eigenvalue weighted by molar-refractivity contribution is 6.01. The second kappa shape index (κ2) is 11.3. The molecule has 198 valence electrons. The summed E-state index contributed by atoms with van der Waals surface area (Å²) in [7, 11) is 0. The van der Waals surface area contributed by atoms with Crippen molar-refractivity contribution in [3.63, 3.8) is 0 Å². The summed E-state index contributed by atoms with van der Waals surface area (Å²) in [6.45, 7) is 10.2. The number of carbonyl (C=O) groups excluding carboxylic acids is 2. The summed E-state index contributed by atoms with van der Waals surface area (Å²) in [4.78, 5) is 30.0. The number of likely N-dealkylation sites (N-methyl/N-ethyl adjacent to an activating group) is 1. The van der Waals surface area contributed by atoms with Crippen molar-refractivity contribution in [2.45, 2.75) is 25.4 Å². The molecule has 0 radical (unpaired) electrons. The Hall–Kier alpha value is -3.79. The molecule has 5 rings (SSSR count). The van der Waals surface area contributed by atoms with Crippen molar-refractivity contribution in [2.24, 2.45) is 5.73 Å². The maximum absolute atomic E-state index is 13.4. The van der Waals surface area contributed by atoms with E-state index in [2.05, 4.69) is 21.9 Å². The van der Waals surface area contributed by atoms with Crippen molar-refractivity contribution in [2.75, 3.05) is 44.3 Å². The fraction of sp³-hybridized carbons (Fsp3) is 0.345. The number of amides is 2. The van der Waals surface area contributed by atoms with Gasteiger partial charge in [0.25, 0.3) is 0 Å². The maximum Gasteiger partial charge on any atom is 0.248 e. The van der Waals surface area contributed by atoms with Crippen LogP contribution in [0.25, 0.3) is 5.69 Å². The predicted octanol–water partition coefficient (Wildman–Crippen LogP) is 2.20. The Labute approximate surface area is 222 Å². The number of benzene rings is 2. The van der Waals surface area contributed by atoms with Gasteiger partial charge in [-0.25, -0.2) is 4.68 Å². The average molecular weight is 515 g/mol. The first-order valence-corrected chi connectivity index (χ1v) is 13.0. The molecule has 2 aliphatic heterocycles. The van der Waals surface area contributed by atoms with Crippen LogP contribution >= 0.6 is 0 Å². The first-order chi connectivity index (χ1) is 18.5. The summed E-state index contributed by atoms with van der Waals surface area (Å²) in [6.07, 6.45) is 1.81. The number of ether oxygens (including phenoxy) is 1. The lowest BCUT2D eigenvalue weighted by atomic mass is 9.82. The molecular weight excluding hydrogens is 480 g/mol. The van der Waals surface area contributed by atoms with Crippen molar-refractivity contribution in [1.29, 1.82) is 0 Å². The molecule has 9 nitrogen and oxygen atoms in total. The van der Waals surface area contributed by atoms with E-state index in [1.165, 1.54) is 0 Å². The summed E-state index contributed by atoms with van der Waals surface area (Å²) >= 11 is 0. The van der Waals surface area contributed by atoms with Crippen LogP contribution in [0.5, 0.6) is 0 Å². The molecule has 1 aromatic heterocycles. The molecular formula is C29H34N6O3. The van der Waals surface area contributed by atoms with Crippen LogP contribution in [0.15, 0.2) is 72.9 Å². The predicted molar refractivity (Wildman–Crippen MR) is 146 cm³/mol. The zero-order valence-electron chi connectivity index (χ0n) is 21.7. The van der Waals surface area contributed by atoms with E-state index in [0.29, 0.717) is 38.4 Å². The van der Waals surface area contributed by atoms with Gasteiger partial charge in [0.1, 0.15) is 5.82 Å².